The molecule has 5 atom stereocenters. The maximum atomic E-state index is 14.5. The van der Waals surface area contributed by atoms with Crippen molar-refractivity contribution in [1.29, 1.82) is 0 Å². The van der Waals surface area contributed by atoms with Gasteiger partial charge in [0.15, 0.2) is 0 Å². The topological polar surface area (TPSA) is 180 Å². The van der Waals surface area contributed by atoms with Crippen LogP contribution >= 0.6 is 0 Å². The molecule has 0 aliphatic heterocycles. The van der Waals surface area contributed by atoms with Crippen molar-refractivity contribution in [2.75, 3.05) is 6.54 Å². The maximum absolute atomic E-state index is 14.5. The molecule has 3 saturated carbocycles. The van der Waals surface area contributed by atoms with Crippen LogP contribution in [0.4, 0.5) is 4.79 Å². The van der Waals surface area contributed by atoms with E-state index in [0.29, 0.717) is 0 Å². The number of nitrogens with zero attached hydrogens (tertiary/aromatic N) is 3. The highest BCUT2D eigenvalue weighted by Gasteiger charge is 2.43. The number of hydrogen-bond donors (Lipinski definition) is 4. The molecule has 48 heavy (non-hydrogen) atoms. The molecule has 1 aromatic rings. The number of hydrogen-bond acceptors (Lipinski definition) is 8. The molecule has 1 aromatic heterocycles. The molecule has 4 rings (SSSR count). The lowest BCUT2D eigenvalue weighted by Crippen LogP contribution is -2.62. The first-order valence-corrected chi connectivity index (χ1v) is 17.6. The fourth-order valence-corrected chi connectivity index (χ4v) is 6.76. The van der Waals surface area contributed by atoms with Crippen LogP contribution in [0.1, 0.15) is 116 Å². The highest BCUT2D eigenvalue weighted by molar-refractivity contribution is 6.38. The second kappa shape index (κ2) is 16.5. The van der Waals surface area contributed by atoms with Gasteiger partial charge in [0.1, 0.15) is 17.8 Å². The molecule has 0 radical (unpaired) electrons. The van der Waals surface area contributed by atoms with Crippen molar-refractivity contribution in [3.63, 3.8) is 0 Å². The van der Waals surface area contributed by atoms with Gasteiger partial charge in [-0.15, -0.1) is 0 Å². The summed E-state index contributed by atoms with van der Waals surface area (Å²) in [5.41, 5.74) is -0.753. The van der Waals surface area contributed by atoms with Gasteiger partial charge in [0.05, 0.1) is 12.2 Å². The smallest absolute Gasteiger partial charge is 0.324 e. The Hall–Kier alpha value is -3.90. The molecule has 6 amide bonds. The minimum absolute atomic E-state index is 0.0180. The quantitative estimate of drug-likeness (QED) is 0.231. The van der Waals surface area contributed by atoms with Crippen molar-refractivity contribution in [2.45, 2.75) is 129 Å². The summed E-state index contributed by atoms with van der Waals surface area (Å²) in [5, 5.41) is 11.1. The average molecular weight is 668 g/mol. The van der Waals surface area contributed by atoms with Gasteiger partial charge in [0.2, 0.25) is 11.7 Å². The predicted octanol–water partition coefficient (Wildman–Crippen LogP) is 3.29. The fourth-order valence-electron chi connectivity index (χ4n) is 6.76. The zero-order valence-corrected chi connectivity index (χ0v) is 29.0. The highest BCUT2D eigenvalue weighted by Crippen LogP contribution is 2.33. The fraction of sp³-hybridized carbons (Fsp3) is 0.714. The number of amides is 6. The van der Waals surface area contributed by atoms with E-state index in [2.05, 4.69) is 38.2 Å². The first-order chi connectivity index (χ1) is 22.8. The van der Waals surface area contributed by atoms with Crippen molar-refractivity contribution < 1.29 is 28.8 Å². The van der Waals surface area contributed by atoms with Gasteiger partial charge in [-0.2, -0.15) is 0 Å². The van der Waals surface area contributed by atoms with Crippen molar-refractivity contribution in [2.24, 2.45) is 23.2 Å². The average Bonchev–Trinajstić information content (AvgIpc) is 3.80. The van der Waals surface area contributed by atoms with Crippen molar-refractivity contribution >= 4 is 35.4 Å². The van der Waals surface area contributed by atoms with Gasteiger partial charge in [-0.25, -0.2) is 9.78 Å². The summed E-state index contributed by atoms with van der Waals surface area (Å²) in [4.78, 5) is 90.4. The molecule has 1 heterocycles. The summed E-state index contributed by atoms with van der Waals surface area (Å²) in [6, 6.07) is -3.97. The molecule has 0 spiro atoms. The summed E-state index contributed by atoms with van der Waals surface area (Å²) in [6.07, 6.45) is 13.1. The van der Waals surface area contributed by atoms with Crippen LogP contribution in [0, 0.1) is 23.2 Å². The molecule has 3 aliphatic rings. The summed E-state index contributed by atoms with van der Waals surface area (Å²) in [7, 11) is 0. The normalized spacial score (nSPS) is 21.7. The number of imide groups is 1. The largest absolute Gasteiger partial charge is 0.347 e. The molecule has 13 nitrogen and oxygen atoms in total. The van der Waals surface area contributed by atoms with Crippen molar-refractivity contribution in [3.05, 3.63) is 24.3 Å². The molecular formula is C35H53N7O6. The monoisotopic (exact) mass is 667 g/mol. The van der Waals surface area contributed by atoms with Crippen molar-refractivity contribution in [3.8, 4) is 0 Å². The molecule has 0 bridgehead atoms. The molecular weight excluding hydrogens is 614 g/mol. The van der Waals surface area contributed by atoms with E-state index in [1.165, 1.54) is 18.6 Å². The second-order valence-corrected chi connectivity index (χ2v) is 14.9. The lowest BCUT2D eigenvalue weighted by Gasteiger charge is -2.37. The van der Waals surface area contributed by atoms with Crippen LogP contribution in [0.5, 0.6) is 0 Å². The summed E-state index contributed by atoms with van der Waals surface area (Å²) >= 11 is 0. The van der Waals surface area contributed by atoms with Crippen LogP contribution in [0.25, 0.3) is 0 Å². The first kappa shape index (κ1) is 36.9. The van der Waals surface area contributed by atoms with Crippen LogP contribution in [0.15, 0.2) is 18.6 Å². The van der Waals surface area contributed by atoms with Gasteiger partial charge in [0, 0.05) is 25.0 Å². The second-order valence-electron chi connectivity index (χ2n) is 14.9. The lowest BCUT2D eigenvalue weighted by atomic mass is 9.82. The lowest BCUT2D eigenvalue weighted by molar-refractivity contribution is -0.139. The number of nitrogens with one attached hydrogen (secondary N) is 4. The third-order valence-electron chi connectivity index (χ3n) is 10.0. The molecule has 2 unspecified atom stereocenters. The third-order valence-corrected chi connectivity index (χ3v) is 10.0. The molecule has 0 saturated heterocycles. The first-order valence-electron chi connectivity index (χ1n) is 17.6. The van der Waals surface area contributed by atoms with E-state index in [1.807, 2.05) is 0 Å². The summed E-state index contributed by atoms with van der Waals surface area (Å²) in [5.74, 6) is -2.99. The predicted molar refractivity (Wildman–Crippen MR) is 178 cm³/mol. The zero-order chi connectivity index (χ0) is 35.0. The Bertz CT molecular complexity index is 1320. The van der Waals surface area contributed by atoms with E-state index < -0.39 is 59.0 Å². The van der Waals surface area contributed by atoms with Gasteiger partial charge in [0.25, 0.3) is 17.7 Å². The zero-order valence-electron chi connectivity index (χ0n) is 29.0. The third kappa shape index (κ3) is 9.82. The van der Waals surface area contributed by atoms with E-state index in [4.69, 9.17) is 0 Å². The maximum Gasteiger partial charge on any atom is 0.324 e. The summed E-state index contributed by atoms with van der Waals surface area (Å²) < 4.78 is 0. The number of aromatic nitrogens is 2. The van der Waals surface area contributed by atoms with E-state index in [9.17, 15) is 28.8 Å². The number of urea groups is 1. The Labute approximate surface area is 283 Å². The van der Waals surface area contributed by atoms with Gasteiger partial charge in [-0.3, -0.25) is 33.9 Å². The number of carbonyl (C=O) groups is 6. The molecule has 0 aromatic carbocycles. The Morgan fingerprint density at radius 2 is 1.60 bits per heavy atom. The van der Waals surface area contributed by atoms with Crippen LogP contribution in [0.3, 0.4) is 0 Å². The van der Waals surface area contributed by atoms with E-state index in [0.717, 1.165) is 69.1 Å². The molecule has 264 valence electrons. The van der Waals surface area contributed by atoms with Crippen LogP contribution < -0.4 is 21.3 Å². The van der Waals surface area contributed by atoms with E-state index >= 15 is 0 Å². The molecule has 13 heteroatoms. The Morgan fingerprint density at radius 3 is 2.17 bits per heavy atom. The Balaban J connectivity index is 1.58. The van der Waals surface area contributed by atoms with Crippen molar-refractivity contribution in [1.82, 2.24) is 36.1 Å². The van der Waals surface area contributed by atoms with Gasteiger partial charge in [-0.1, -0.05) is 66.7 Å². The van der Waals surface area contributed by atoms with Crippen LogP contribution in [0.2, 0.25) is 0 Å². The number of ketones is 1. The van der Waals surface area contributed by atoms with Gasteiger partial charge < -0.3 is 21.3 Å². The number of rotatable bonds is 13. The molecule has 3 aliphatic carbocycles. The minimum atomic E-state index is -1.14. The van der Waals surface area contributed by atoms with Gasteiger partial charge >= 0.3 is 6.03 Å². The van der Waals surface area contributed by atoms with Crippen LogP contribution in [-0.2, 0) is 19.2 Å². The Kier molecular flexibility index (Phi) is 12.7. The Morgan fingerprint density at radius 1 is 0.896 bits per heavy atom. The number of Topliss-reactive ketones (excluding diaryl/α,β-unsaturated/α-hetero) is 1. The molecule has 4 N–H and O–H groups in total. The van der Waals surface area contributed by atoms with Crippen LogP contribution in [-0.4, -0.2) is 81.0 Å². The van der Waals surface area contributed by atoms with E-state index in [1.54, 1.807) is 27.7 Å². The molecule has 3 fully saturated rings. The van der Waals surface area contributed by atoms with E-state index in [-0.39, 0.29) is 42.5 Å². The summed E-state index contributed by atoms with van der Waals surface area (Å²) in [6.45, 7) is 9.31. The highest BCUT2D eigenvalue weighted by atomic mass is 16.2. The minimum Gasteiger partial charge on any atom is -0.347 e. The van der Waals surface area contributed by atoms with Gasteiger partial charge in [-0.05, 0) is 61.7 Å². The standard InChI is InChI=1S/C35H53N7O6/c1-6-25(28(43)32(46)38-24-15-16-24)39-34(48)42(20-23-14-10-11-21(23)2)33(47)29(35(3,4)5)41-31(45)27(22-12-8-7-9-13-22)40-30(44)26-19-36-17-18-37-26/h17-19,21-25,27,29H,6-16,20H2,1-5H3,(H,38,46)(H,39,48)(H,40,44)(H,41,45)/t21-,23-,25-,27?,29?/m0/s1. The number of carbonyl (C=O) groups excluding carboxylic acids is 6. The SMILES string of the molecule is CC[C@H](NC(=O)N(C[C@@H]1CCC[C@@H]1C)C(=O)C(NC(=O)C(NC(=O)c1cnccn1)C1CCCCC1)C(C)(C)C)C(=O)C(=O)NC1CC1.